The molecule has 168 valence electrons. The molecule has 1 heterocycles. The summed E-state index contributed by atoms with van der Waals surface area (Å²) < 4.78 is 10.8. The number of aryl methyl sites for hydroxylation is 2. The number of methoxy groups -OCH3 is 1. The number of amides is 1. The Kier molecular flexibility index (Phi) is 7.58. The lowest BCUT2D eigenvalue weighted by Gasteiger charge is -2.20. The van der Waals surface area contributed by atoms with Crippen molar-refractivity contribution in [3.63, 3.8) is 0 Å². The number of hydrogen-bond acceptors (Lipinski definition) is 7. The van der Waals surface area contributed by atoms with Gasteiger partial charge in [-0.05, 0) is 42.7 Å². The Hall–Kier alpha value is -3.26. The van der Waals surface area contributed by atoms with Crippen LogP contribution in [0.5, 0.6) is 5.75 Å². The lowest BCUT2D eigenvalue weighted by Crippen LogP contribution is -2.50. The first kappa shape index (κ1) is 23.4. The number of ether oxygens (including phenoxy) is 1. The topological polar surface area (TPSA) is 109 Å². The van der Waals surface area contributed by atoms with Gasteiger partial charge in [-0.3, -0.25) is 4.79 Å². The SMILES string of the molecule is COc1cc(C)cc2oc(=O)c(CC(=O)N[C@@H](CSCc3ccccc3)C(=O)[O-])c(C)c12. The second-order valence-corrected chi connectivity index (χ2v) is 8.48. The van der Waals surface area contributed by atoms with E-state index in [-0.39, 0.29) is 17.7 Å². The van der Waals surface area contributed by atoms with Gasteiger partial charge in [0.25, 0.3) is 0 Å². The molecule has 0 aliphatic rings. The number of fused-ring (bicyclic) bond motifs is 1. The highest BCUT2D eigenvalue weighted by Gasteiger charge is 2.20. The molecular formula is C24H24NO6S-. The van der Waals surface area contributed by atoms with Gasteiger partial charge in [0.2, 0.25) is 5.91 Å². The molecule has 1 amide bonds. The fraction of sp³-hybridized carbons (Fsp3) is 0.292. The highest BCUT2D eigenvalue weighted by molar-refractivity contribution is 7.98. The van der Waals surface area contributed by atoms with Gasteiger partial charge in [-0.25, -0.2) is 4.79 Å². The van der Waals surface area contributed by atoms with Crippen molar-refractivity contribution in [2.24, 2.45) is 0 Å². The summed E-state index contributed by atoms with van der Waals surface area (Å²) in [5.41, 5.74) is 2.37. The number of carboxylic acids is 1. The molecule has 3 aromatic rings. The number of carboxylic acid groups (broad SMARTS) is 1. The molecule has 7 nitrogen and oxygen atoms in total. The summed E-state index contributed by atoms with van der Waals surface area (Å²) in [4.78, 5) is 36.6. The fourth-order valence-electron chi connectivity index (χ4n) is 3.45. The molecule has 0 spiro atoms. The summed E-state index contributed by atoms with van der Waals surface area (Å²) >= 11 is 1.37. The van der Waals surface area contributed by atoms with Gasteiger partial charge in [0.15, 0.2) is 0 Å². The van der Waals surface area contributed by atoms with Gasteiger partial charge < -0.3 is 24.4 Å². The summed E-state index contributed by atoms with van der Waals surface area (Å²) in [5, 5.41) is 14.6. The first-order chi connectivity index (χ1) is 15.3. The third-order valence-electron chi connectivity index (χ3n) is 5.06. The Morgan fingerprint density at radius 2 is 1.91 bits per heavy atom. The van der Waals surface area contributed by atoms with Crippen molar-refractivity contribution in [1.82, 2.24) is 5.32 Å². The predicted molar refractivity (Wildman–Crippen MR) is 122 cm³/mol. The standard InChI is InChI=1S/C24H25NO6S/c1-14-9-19(30-3)22-15(2)17(24(29)31-20(22)10-14)11-21(26)25-18(23(27)28)13-32-12-16-7-5-4-6-8-16/h4-10,18H,11-13H2,1-3H3,(H,25,26)(H,27,28)/p-1/t18-/m0/s1. The average molecular weight is 455 g/mol. The second-order valence-electron chi connectivity index (χ2n) is 7.45. The molecule has 0 radical (unpaired) electrons. The van der Waals surface area contributed by atoms with Gasteiger partial charge in [-0.2, -0.15) is 11.8 Å². The zero-order valence-corrected chi connectivity index (χ0v) is 18.9. The number of carbonyl (C=O) groups excluding carboxylic acids is 2. The van der Waals surface area contributed by atoms with E-state index in [2.05, 4.69) is 5.32 Å². The van der Waals surface area contributed by atoms with Crippen LogP contribution in [0.3, 0.4) is 0 Å². The number of hydrogen-bond donors (Lipinski definition) is 1. The maximum atomic E-state index is 12.6. The van der Waals surface area contributed by atoms with E-state index < -0.39 is 23.5 Å². The normalized spacial score (nSPS) is 11.8. The number of thioether (sulfide) groups is 1. The van der Waals surface area contributed by atoms with E-state index >= 15 is 0 Å². The minimum atomic E-state index is -1.38. The minimum absolute atomic E-state index is 0.140. The van der Waals surface area contributed by atoms with Crippen LogP contribution in [-0.4, -0.2) is 30.8 Å². The molecule has 0 aliphatic heterocycles. The van der Waals surface area contributed by atoms with Gasteiger partial charge in [0, 0.05) is 11.5 Å². The first-order valence-electron chi connectivity index (χ1n) is 10.0. The molecule has 3 rings (SSSR count). The van der Waals surface area contributed by atoms with Gasteiger partial charge >= 0.3 is 5.63 Å². The average Bonchev–Trinajstić information content (AvgIpc) is 2.75. The van der Waals surface area contributed by atoms with Crippen molar-refractivity contribution in [2.45, 2.75) is 32.1 Å². The minimum Gasteiger partial charge on any atom is -0.548 e. The van der Waals surface area contributed by atoms with Crippen LogP contribution < -0.4 is 20.8 Å². The number of rotatable bonds is 9. The Bertz CT molecular complexity index is 1190. The molecule has 1 aromatic heterocycles. The van der Waals surface area contributed by atoms with Crippen LogP contribution in [0.2, 0.25) is 0 Å². The van der Waals surface area contributed by atoms with Crippen LogP contribution >= 0.6 is 11.8 Å². The molecule has 1 N–H and O–H groups in total. The molecule has 0 fully saturated rings. The molecule has 8 heteroatoms. The largest absolute Gasteiger partial charge is 0.548 e. The third-order valence-corrected chi connectivity index (χ3v) is 6.17. The van der Waals surface area contributed by atoms with Crippen LogP contribution in [0.15, 0.2) is 51.7 Å². The molecule has 0 saturated heterocycles. The van der Waals surface area contributed by atoms with E-state index in [0.29, 0.717) is 28.0 Å². The Labute approximate surface area is 189 Å². The monoisotopic (exact) mass is 454 g/mol. The van der Waals surface area contributed by atoms with E-state index in [1.807, 2.05) is 43.3 Å². The second kappa shape index (κ2) is 10.4. The smallest absolute Gasteiger partial charge is 0.340 e. The van der Waals surface area contributed by atoms with Crippen LogP contribution in [-0.2, 0) is 21.8 Å². The third kappa shape index (κ3) is 5.50. The maximum Gasteiger partial charge on any atom is 0.340 e. The highest BCUT2D eigenvalue weighted by atomic mass is 32.2. The van der Waals surface area contributed by atoms with Crippen LogP contribution in [0.1, 0.15) is 22.3 Å². The summed E-state index contributed by atoms with van der Waals surface area (Å²) in [7, 11) is 1.52. The van der Waals surface area contributed by atoms with Gasteiger partial charge in [0.1, 0.15) is 11.3 Å². The van der Waals surface area contributed by atoms with Crippen LogP contribution in [0, 0.1) is 13.8 Å². The molecule has 0 saturated carbocycles. The summed E-state index contributed by atoms with van der Waals surface area (Å²) in [6.45, 7) is 3.57. The van der Waals surface area contributed by atoms with Crippen molar-refractivity contribution in [3.05, 3.63) is 75.1 Å². The van der Waals surface area contributed by atoms with Crippen molar-refractivity contribution in [2.75, 3.05) is 12.9 Å². The lowest BCUT2D eigenvalue weighted by atomic mass is 10.0. The predicted octanol–water partition coefficient (Wildman–Crippen LogP) is 2.13. The molecule has 0 aliphatic carbocycles. The fourth-order valence-corrected chi connectivity index (χ4v) is 4.45. The number of nitrogens with one attached hydrogen (secondary N) is 1. The molecule has 2 aromatic carbocycles. The molecular weight excluding hydrogens is 430 g/mol. The zero-order chi connectivity index (χ0) is 23.3. The summed E-state index contributed by atoms with van der Waals surface area (Å²) in [6, 6.07) is 12.0. The Morgan fingerprint density at radius 1 is 1.19 bits per heavy atom. The van der Waals surface area contributed by atoms with E-state index in [1.165, 1.54) is 18.9 Å². The lowest BCUT2D eigenvalue weighted by molar-refractivity contribution is -0.307. The molecule has 0 bridgehead atoms. The summed E-state index contributed by atoms with van der Waals surface area (Å²) in [5.74, 6) is -0.694. The number of benzene rings is 2. The van der Waals surface area contributed by atoms with E-state index in [1.54, 1.807) is 13.0 Å². The van der Waals surface area contributed by atoms with Gasteiger partial charge in [-0.15, -0.1) is 0 Å². The van der Waals surface area contributed by atoms with Crippen molar-refractivity contribution in [3.8, 4) is 5.75 Å². The highest BCUT2D eigenvalue weighted by Crippen LogP contribution is 2.30. The zero-order valence-electron chi connectivity index (χ0n) is 18.1. The maximum absolute atomic E-state index is 12.6. The van der Waals surface area contributed by atoms with Crippen molar-refractivity contribution < 1.29 is 23.8 Å². The molecule has 1 atom stereocenters. The first-order valence-corrected chi connectivity index (χ1v) is 11.2. The van der Waals surface area contributed by atoms with E-state index in [4.69, 9.17) is 9.15 Å². The Morgan fingerprint density at radius 3 is 2.56 bits per heavy atom. The Balaban J connectivity index is 1.74. The van der Waals surface area contributed by atoms with Crippen LogP contribution in [0.25, 0.3) is 11.0 Å². The van der Waals surface area contributed by atoms with Crippen LogP contribution in [0.4, 0.5) is 0 Å². The van der Waals surface area contributed by atoms with Gasteiger partial charge in [-0.1, -0.05) is 30.3 Å². The van der Waals surface area contributed by atoms with E-state index in [9.17, 15) is 19.5 Å². The van der Waals surface area contributed by atoms with Crippen molar-refractivity contribution in [1.29, 1.82) is 0 Å². The van der Waals surface area contributed by atoms with E-state index in [0.717, 1.165) is 11.1 Å². The number of aliphatic carboxylic acids is 1. The van der Waals surface area contributed by atoms with Crippen molar-refractivity contribution >= 4 is 34.6 Å². The number of carbonyl (C=O) groups is 2. The summed E-state index contributed by atoms with van der Waals surface area (Å²) in [6.07, 6.45) is -0.311. The molecule has 0 unspecified atom stereocenters. The quantitative estimate of drug-likeness (QED) is 0.493. The molecule has 32 heavy (non-hydrogen) atoms. The van der Waals surface area contributed by atoms with Gasteiger partial charge in [0.05, 0.1) is 36.5 Å².